The van der Waals surface area contributed by atoms with Gasteiger partial charge in [-0.1, -0.05) is 29.3 Å². The summed E-state index contributed by atoms with van der Waals surface area (Å²) >= 11 is 5.98. The van der Waals surface area contributed by atoms with Gasteiger partial charge in [-0.2, -0.15) is 0 Å². The number of likely N-dealkylation sites (N-methyl/N-ethyl adjacent to an activating group) is 1. The molecule has 0 saturated carbocycles. The molecule has 0 heterocycles. The Bertz CT molecular complexity index is 747. The highest BCUT2D eigenvalue weighted by molar-refractivity contribution is 6.33. The van der Waals surface area contributed by atoms with Crippen LogP contribution in [0.2, 0.25) is 5.02 Å². The molecule has 0 atom stereocenters. The fraction of sp³-hybridized carbons (Fsp3) is 0.235. The molecule has 0 aliphatic rings. The second-order valence-electron chi connectivity index (χ2n) is 5.31. The molecule has 0 radical (unpaired) electrons. The normalized spacial score (nSPS) is 10.3. The second kappa shape index (κ2) is 7.79. The number of amides is 1. The van der Waals surface area contributed by atoms with Gasteiger partial charge < -0.3 is 9.64 Å². The molecule has 24 heavy (non-hydrogen) atoms. The van der Waals surface area contributed by atoms with Crippen molar-refractivity contribution in [3.63, 3.8) is 0 Å². The van der Waals surface area contributed by atoms with Crippen LogP contribution in [0.25, 0.3) is 0 Å². The third-order valence-electron chi connectivity index (χ3n) is 3.45. The number of hydrogen-bond acceptors (Lipinski definition) is 4. The summed E-state index contributed by atoms with van der Waals surface area (Å²) in [5.41, 5.74) is 1.06. The molecule has 0 aliphatic carbocycles. The standard InChI is InChI=1S/C17H17ClN2O4/c1-12-3-6-14(7-4-12)24-10-9-19(2)17(21)15-11-13(20(22)23)5-8-16(15)18/h3-8,11H,9-10H2,1-2H3. The molecule has 0 aliphatic heterocycles. The molecule has 2 rings (SSSR count). The molecule has 6 nitrogen and oxygen atoms in total. The molecule has 7 heteroatoms. The van der Waals surface area contributed by atoms with Crippen LogP contribution in [0.1, 0.15) is 15.9 Å². The van der Waals surface area contributed by atoms with Gasteiger partial charge in [-0.05, 0) is 25.1 Å². The van der Waals surface area contributed by atoms with Crippen LogP contribution in [0.15, 0.2) is 42.5 Å². The van der Waals surface area contributed by atoms with E-state index >= 15 is 0 Å². The zero-order valence-electron chi connectivity index (χ0n) is 13.4. The lowest BCUT2D eigenvalue weighted by molar-refractivity contribution is -0.384. The molecule has 2 aromatic carbocycles. The van der Waals surface area contributed by atoms with Crippen LogP contribution in [0.4, 0.5) is 5.69 Å². The van der Waals surface area contributed by atoms with Crippen molar-refractivity contribution in [1.82, 2.24) is 4.90 Å². The number of nitrogens with zero attached hydrogens (tertiary/aromatic N) is 2. The first-order valence-electron chi connectivity index (χ1n) is 7.27. The second-order valence-corrected chi connectivity index (χ2v) is 5.72. The van der Waals surface area contributed by atoms with E-state index in [1.54, 1.807) is 7.05 Å². The number of rotatable bonds is 6. The number of carbonyl (C=O) groups is 1. The molecule has 0 unspecified atom stereocenters. The summed E-state index contributed by atoms with van der Waals surface area (Å²) in [7, 11) is 1.59. The number of benzene rings is 2. The smallest absolute Gasteiger partial charge is 0.270 e. The van der Waals surface area contributed by atoms with Gasteiger partial charge in [-0.3, -0.25) is 14.9 Å². The Balaban J connectivity index is 1.98. The van der Waals surface area contributed by atoms with E-state index < -0.39 is 10.8 Å². The lowest BCUT2D eigenvalue weighted by Gasteiger charge is -2.18. The number of carbonyl (C=O) groups excluding carboxylic acids is 1. The zero-order chi connectivity index (χ0) is 17.7. The minimum absolute atomic E-state index is 0.101. The van der Waals surface area contributed by atoms with Gasteiger partial charge in [-0.25, -0.2) is 0 Å². The van der Waals surface area contributed by atoms with E-state index in [0.717, 1.165) is 11.3 Å². The third-order valence-corrected chi connectivity index (χ3v) is 3.78. The Morgan fingerprint density at radius 2 is 1.92 bits per heavy atom. The van der Waals surface area contributed by atoms with E-state index in [9.17, 15) is 14.9 Å². The van der Waals surface area contributed by atoms with Gasteiger partial charge in [0.05, 0.1) is 22.1 Å². The molecular formula is C17H17ClN2O4. The van der Waals surface area contributed by atoms with Crippen LogP contribution in [0, 0.1) is 17.0 Å². The summed E-state index contributed by atoms with van der Waals surface area (Å²) in [4.78, 5) is 24.1. The van der Waals surface area contributed by atoms with Crippen LogP contribution in [-0.2, 0) is 0 Å². The quantitative estimate of drug-likeness (QED) is 0.589. The first-order chi connectivity index (χ1) is 11.4. The predicted octanol–water partition coefficient (Wildman–Crippen LogP) is 3.71. The fourth-order valence-corrected chi connectivity index (χ4v) is 2.23. The van der Waals surface area contributed by atoms with Gasteiger partial charge in [0.1, 0.15) is 12.4 Å². The van der Waals surface area contributed by atoms with Crippen LogP contribution in [0.3, 0.4) is 0 Å². The molecule has 2 aromatic rings. The van der Waals surface area contributed by atoms with Gasteiger partial charge in [0.25, 0.3) is 11.6 Å². The Labute approximate surface area is 144 Å². The monoisotopic (exact) mass is 348 g/mol. The predicted molar refractivity (Wildman–Crippen MR) is 91.7 cm³/mol. The molecule has 1 amide bonds. The van der Waals surface area contributed by atoms with E-state index in [0.29, 0.717) is 13.2 Å². The SMILES string of the molecule is Cc1ccc(OCCN(C)C(=O)c2cc([N+](=O)[O-])ccc2Cl)cc1. The molecule has 0 N–H and O–H groups in total. The zero-order valence-corrected chi connectivity index (χ0v) is 14.1. The molecule has 0 bridgehead atoms. The van der Waals surface area contributed by atoms with Crippen molar-refractivity contribution in [1.29, 1.82) is 0 Å². The topological polar surface area (TPSA) is 72.7 Å². The first kappa shape index (κ1) is 17.7. The average Bonchev–Trinajstić information content (AvgIpc) is 2.56. The number of halogens is 1. The first-order valence-corrected chi connectivity index (χ1v) is 7.65. The Morgan fingerprint density at radius 1 is 1.25 bits per heavy atom. The lowest BCUT2D eigenvalue weighted by Crippen LogP contribution is -2.31. The van der Waals surface area contributed by atoms with Crippen LogP contribution < -0.4 is 4.74 Å². The van der Waals surface area contributed by atoms with Gasteiger partial charge in [0.15, 0.2) is 0 Å². The van der Waals surface area contributed by atoms with Crippen LogP contribution in [-0.4, -0.2) is 35.9 Å². The van der Waals surface area contributed by atoms with Crippen molar-refractivity contribution in [3.8, 4) is 5.75 Å². The lowest BCUT2D eigenvalue weighted by atomic mass is 10.2. The van der Waals surface area contributed by atoms with Gasteiger partial charge in [0, 0.05) is 19.2 Å². The molecule has 0 fully saturated rings. The number of nitro groups is 1. The maximum atomic E-state index is 12.4. The molecule has 126 valence electrons. The minimum atomic E-state index is -0.562. The van der Waals surface area contributed by atoms with E-state index in [-0.39, 0.29) is 16.3 Å². The number of nitro benzene ring substituents is 1. The third kappa shape index (κ3) is 4.45. The van der Waals surface area contributed by atoms with Crippen molar-refractivity contribution >= 4 is 23.2 Å². The number of aryl methyl sites for hydroxylation is 1. The maximum absolute atomic E-state index is 12.4. The molecule has 0 spiro atoms. The average molecular weight is 349 g/mol. The Kier molecular flexibility index (Phi) is 5.76. The fourth-order valence-electron chi connectivity index (χ4n) is 2.03. The van der Waals surface area contributed by atoms with Crippen LogP contribution in [0.5, 0.6) is 5.75 Å². The Morgan fingerprint density at radius 3 is 2.54 bits per heavy atom. The number of hydrogen-bond donors (Lipinski definition) is 0. The van der Waals surface area contributed by atoms with Crippen molar-refractivity contribution in [2.45, 2.75) is 6.92 Å². The van der Waals surface area contributed by atoms with Crippen molar-refractivity contribution in [3.05, 3.63) is 68.7 Å². The van der Waals surface area contributed by atoms with Gasteiger partial charge >= 0.3 is 0 Å². The van der Waals surface area contributed by atoms with Crippen molar-refractivity contribution in [2.75, 3.05) is 20.2 Å². The highest BCUT2D eigenvalue weighted by Gasteiger charge is 2.19. The van der Waals surface area contributed by atoms with E-state index in [1.807, 2.05) is 31.2 Å². The van der Waals surface area contributed by atoms with E-state index in [4.69, 9.17) is 16.3 Å². The summed E-state index contributed by atoms with van der Waals surface area (Å²) in [5.74, 6) is 0.325. The van der Waals surface area contributed by atoms with E-state index in [1.165, 1.54) is 23.1 Å². The van der Waals surface area contributed by atoms with Gasteiger partial charge in [0.2, 0.25) is 0 Å². The number of ether oxygens (including phenoxy) is 1. The van der Waals surface area contributed by atoms with Crippen molar-refractivity contribution in [2.24, 2.45) is 0 Å². The summed E-state index contributed by atoms with van der Waals surface area (Å²) in [6.45, 7) is 2.61. The minimum Gasteiger partial charge on any atom is -0.492 e. The summed E-state index contributed by atoms with van der Waals surface area (Å²) in [5, 5.41) is 11.0. The van der Waals surface area contributed by atoms with Gasteiger partial charge in [-0.15, -0.1) is 0 Å². The van der Waals surface area contributed by atoms with E-state index in [2.05, 4.69) is 0 Å². The summed E-state index contributed by atoms with van der Waals surface area (Å²) in [6.07, 6.45) is 0. The Hall–Kier alpha value is -2.60. The molecule has 0 aromatic heterocycles. The molecular weight excluding hydrogens is 332 g/mol. The summed E-state index contributed by atoms with van der Waals surface area (Å²) in [6, 6.07) is 11.4. The maximum Gasteiger partial charge on any atom is 0.270 e. The highest BCUT2D eigenvalue weighted by atomic mass is 35.5. The molecule has 0 saturated heterocycles. The van der Waals surface area contributed by atoms with Crippen molar-refractivity contribution < 1.29 is 14.5 Å². The highest BCUT2D eigenvalue weighted by Crippen LogP contribution is 2.23. The largest absolute Gasteiger partial charge is 0.492 e. The van der Waals surface area contributed by atoms with Crippen LogP contribution >= 0.6 is 11.6 Å². The number of non-ortho nitro benzene ring substituents is 1. The summed E-state index contributed by atoms with van der Waals surface area (Å²) < 4.78 is 5.57.